The van der Waals surface area contributed by atoms with E-state index in [1.54, 1.807) is 0 Å². The first-order valence-corrected chi connectivity index (χ1v) is 6.90. The summed E-state index contributed by atoms with van der Waals surface area (Å²) in [5.41, 5.74) is 0. The van der Waals surface area contributed by atoms with E-state index in [-0.39, 0.29) is 0 Å². The van der Waals surface area contributed by atoms with Gasteiger partial charge in [0.2, 0.25) is 0 Å². The Morgan fingerprint density at radius 3 is 2.75 bits per heavy atom. The van der Waals surface area contributed by atoms with E-state index in [0.717, 1.165) is 24.8 Å². The zero-order valence-electron chi connectivity index (χ0n) is 11.2. The molecule has 0 aromatic rings. The summed E-state index contributed by atoms with van der Waals surface area (Å²) in [6, 6.07) is 0.714. The van der Waals surface area contributed by atoms with Gasteiger partial charge in [0, 0.05) is 12.5 Å². The van der Waals surface area contributed by atoms with Crippen molar-refractivity contribution < 1.29 is 0 Å². The molecule has 1 aliphatic rings. The molecule has 1 nitrogen and oxygen atoms in total. The molecule has 16 heavy (non-hydrogen) atoms. The molecule has 0 aromatic carbocycles. The minimum absolute atomic E-state index is 0.714. The van der Waals surface area contributed by atoms with E-state index in [4.69, 9.17) is 0 Å². The molecule has 0 spiro atoms. The molecule has 0 amide bonds. The summed E-state index contributed by atoms with van der Waals surface area (Å²) in [5.74, 6) is 8.04. The third-order valence-electron chi connectivity index (χ3n) is 3.72. The van der Waals surface area contributed by atoms with Gasteiger partial charge in [-0.2, -0.15) is 0 Å². The van der Waals surface area contributed by atoms with Crippen LogP contribution in [0.2, 0.25) is 0 Å². The molecule has 92 valence electrons. The minimum Gasteiger partial charge on any atom is -0.314 e. The van der Waals surface area contributed by atoms with Gasteiger partial charge in [0.25, 0.3) is 0 Å². The Kier molecular flexibility index (Phi) is 6.57. The number of rotatable bonds is 6. The van der Waals surface area contributed by atoms with Gasteiger partial charge >= 0.3 is 0 Å². The van der Waals surface area contributed by atoms with Crippen LogP contribution in [-0.2, 0) is 0 Å². The summed E-state index contributed by atoms with van der Waals surface area (Å²) in [7, 11) is 0. The summed E-state index contributed by atoms with van der Waals surface area (Å²) in [6.07, 6.45) is 7.79. The first-order valence-electron chi connectivity index (χ1n) is 6.90. The Labute approximate surface area is 101 Å². The van der Waals surface area contributed by atoms with E-state index in [1.165, 1.54) is 32.1 Å². The second-order valence-electron chi connectivity index (χ2n) is 5.20. The molecule has 0 heterocycles. The third kappa shape index (κ3) is 4.58. The van der Waals surface area contributed by atoms with Crippen LogP contribution in [0.1, 0.15) is 59.3 Å². The molecular formula is C15H27N. The lowest BCUT2D eigenvalue weighted by Crippen LogP contribution is -2.35. The van der Waals surface area contributed by atoms with E-state index >= 15 is 0 Å². The Morgan fingerprint density at radius 2 is 2.19 bits per heavy atom. The van der Waals surface area contributed by atoms with E-state index in [9.17, 15) is 0 Å². The topological polar surface area (TPSA) is 12.0 Å². The van der Waals surface area contributed by atoms with Crippen molar-refractivity contribution in [2.45, 2.75) is 65.3 Å². The van der Waals surface area contributed by atoms with Crippen molar-refractivity contribution in [1.29, 1.82) is 0 Å². The average Bonchev–Trinajstić information content (AvgIpc) is 2.70. The SMILES string of the molecule is CC#CCCC(NCCC)C1CCC(C)C1. The molecule has 1 fully saturated rings. The standard InChI is InChI=1S/C15H27N/c1-4-6-7-8-15(16-11-5-2)14-10-9-13(3)12-14/h13-16H,5,7-12H2,1-3H3. The Bertz CT molecular complexity index is 236. The highest BCUT2D eigenvalue weighted by Crippen LogP contribution is 2.33. The first-order chi connectivity index (χ1) is 7.77. The zero-order chi connectivity index (χ0) is 11.8. The molecule has 1 aliphatic carbocycles. The highest BCUT2D eigenvalue weighted by molar-refractivity contribution is 4.96. The smallest absolute Gasteiger partial charge is 0.0104 e. The molecule has 0 radical (unpaired) electrons. The summed E-state index contributed by atoms with van der Waals surface area (Å²) in [4.78, 5) is 0. The van der Waals surface area contributed by atoms with E-state index < -0.39 is 0 Å². The van der Waals surface area contributed by atoms with Gasteiger partial charge in [-0.25, -0.2) is 0 Å². The van der Waals surface area contributed by atoms with Gasteiger partial charge < -0.3 is 5.32 Å². The van der Waals surface area contributed by atoms with Gasteiger partial charge in [-0.1, -0.05) is 20.3 Å². The maximum absolute atomic E-state index is 3.72. The summed E-state index contributed by atoms with van der Waals surface area (Å²) in [5, 5.41) is 3.72. The van der Waals surface area contributed by atoms with Crippen LogP contribution in [0.3, 0.4) is 0 Å². The van der Waals surface area contributed by atoms with Crippen molar-refractivity contribution in [3.63, 3.8) is 0 Å². The normalized spacial score (nSPS) is 26.2. The number of nitrogens with one attached hydrogen (secondary N) is 1. The molecule has 3 atom stereocenters. The predicted molar refractivity (Wildman–Crippen MR) is 71.3 cm³/mol. The Hall–Kier alpha value is -0.480. The van der Waals surface area contributed by atoms with Crippen molar-refractivity contribution in [2.24, 2.45) is 11.8 Å². The predicted octanol–water partition coefficient (Wildman–Crippen LogP) is 3.59. The molecule has 1 heteroatoms. The first kappa shape index (κ1) is 13.6. The van der Waals surface area contributed by atoms with Crippen LogP contribution in [0.25, 0.3) is 0 Å². The molecule has 0 aromatic heterocycles. The van der Waals surface area contributed by atoms with E-state index in [1.807, 2.05) is 6.92 Å². The minimum atomic E-state index is 0.714. The number of hydrogen-bond donors (Lipinski definition) is 1. The summed E-state index contributed by atoms with van der Waals surface area (Å²) < 4.78 is 0. The van der Waals surface area contributed by atoms with Crippen molar-refractivity contribution in [3.8, 4) is 11.8 Å². The van der Waals surface area contributed by atoms with Crippen LogP contribution in [0.15, 0.2) is 0 Å². The van der Waals surface area contributed by atoms with Gasteiger partial charge in [-0.05, 0) is 51.0 Å². The second kappa shape index (κ2) is 7.74. The van der Waals surface area contributed by atoms with Crippen LogP contribution >= 0.6 is 0 Å². The molecule has 1 saturated carbocycles. The van der Waals surface area contributed by atoms with E-state index in [2.05, 4.69) is 31.0 Å². The fourth-order valence-corrected chi connectivity index (χ4v) is 2.80. The lowest BCUT2D eigenvalue weighted by Gasteiger charge is -2.24. The van der Waals surface area contributed by atoms with Gasteiger partial charge in [0.15, 0.2) is 0 Å². The van der Waals surface area contributed by atoms with Gasteiger partial charge in [-0.3, -0.25) is 0 Å². The van der Waals surface area contributed by atoms with Crippen molar-refractivity contribution in [3.05, 3.63) is 0 Å². The lowest BCUT2D eigenvalue weighted by atomic mass is 9.93. The maximum atomic E-state index is 3.72. The second-order valence-corrected chi connectivity index (χ2v) is 5.20. The van der Waals surface area contributed by atoms with Crippen LogP contribution in [0, 0.1) is 23.7 Å². The zero-order valence-corrected chi connectivity index (χ0v) is 11.2. The van der Waals surface area contributed by atoms with Gasteiger partial charge in [-0.15, -0.1) is 11.8 Å². The molecular weight excluding hydrogens is 194 g/mol. The quantitative estimate of drug-likeness (QED) is 0.676. The highest BCUT2D eigenvalue weighted by atomic mass is 14.9. The average molecular weight is 221 g/mol. The fourth-order valence-electron chi connectivity index (χ4n) is 2.80. The molecule has 0 aliphatic heterocycles. The van der Waals surface area contributed by atoms with Crippen molar-refractivity contribution in [1.82, 2.24) is 5.32 Å². The fraction of sp³-hybridized carbons (Fsp3) is 0.867. The molecule has 0 saturated heterocycles. The Balaban J connectivity index is 2.38. The van der Waals surface area contributed by atoms with Crippen LogP contribution in [-0.4, -0.2) is 12.6 Å². The maximum Gasteiger partial charge on any atom is 0.0104 e. The monoisotopic (exact) mass is 221 g/mol. The van der Waals surface area contributed by atoms with Crippen LogP contribution in [0.5, 0.6) is 0 Å². The molecule has 0 bridgehead atoms. The van der Waals surface area contributed by atoms with Crippen molar-refractivity contribution in [2.75, 3.05) is 6.54 Å². The van der Waals surface area contributed by atoms with Crippen molar-refractivity contribution >= 4 is 0 Å². The molecule has 3 unspecified atom stereocenters. The molecule has 1 rings (SSSR count). The largest absolute Gasteiger partial charge is 0.314 e. The summed E-state index contributed by atoms with van der Waals surface area (Å²) in [6.45, 7) is 7.73. The van der Waals surface area contributed by atoms with Crippen LogP contribution in [0.4, 0.5) is 0 Å². The highest BCUT2D eigenvalue weighted by Gasteiger charge is 2.27. The van der Waals surface area contributed by atoms with E-state index in [0.29, 0.717) is 6.04 Å². The third-order valence-corrected chi connectivity index (χ3v) is 3.72. The Morgan fingerprint density at radius 1 is 1.38 bits per heavy atom. The molecule has 1 N–H and O–H groups in total. The van der Waals surface area contributed by atoms with Gasteiger partial charge in [0.05, 0.1) is 0 Å². The van der Waals surface area contributed by atoms with Gasteiger partial charge in [0.1, 0.15) is 0 Å². The summed E-state index contributed by atoms with van der Waals surface area (Å²) >= 11 is 0. The number of hydrogen-bond acceptors (Lipinski definition) is 1. The lowest BCUT2D eigenvalue weighted by molar-refractivity contribution is 0.336. The van der Waals surface area contributed by atoms with Crippen LogP contribution < -0.4 is 5.32 Å².